The fourth-order valence-corrected chi connectivity index (χ4v) is 4.32. The maximum atomic E-state index is 13.6. The lowest BCUT2D eigenvalue weighted by atomic mass is 9.89. The largest absolute Gasteiger partial charge is 0.329 e. The third kappa shape index (κ3) is 3.06. The number of nitrogens with zero attached hydrogens (tertiary/aromatic N) is 2. The maximum absolute atomic E-state index is 13.6. The van der Waals surface area contributed by atoms with Gasteiger partial charge in [-0.3, -0.25) is 9.36 Å². The smallest absolute Gasteiger partial charge is 0.209 e. The number of allylic oxidation sites excluding steroid dienone is 2. The molecule has 0 fully saturated rings. The number of hydrogen-bond donors (Lipinski definition) is 1. The summed E-state index contributed by atoms with van der Waals surface area (Å²) in [7, 11) is 0. The molecule has 3 aromatic carbocycles. The monoisotopic (exact) mass is 491 g/mol. The van der Waals surface area contributed by atoms with Gasteiger partial charge in [-0.25, -0.2) is 4.98 Å². The summed E-state index contributed by atoms with van der Waals surface area (Å²) in [6.07, 6.45) is 0. The molecule has 1 atom stereocenters. The minimum absolute atomic E-state index is 0.0302. The van der Waals surface area contributed by atoms with Crippen LogP contribution in [0.15, 0.2) is 90.1 Å². The summed E-state index contributed by atoms with van der Waals surface area (Å²) in [6, 6.07) is 25.6. The topological polar surface area (TPSA) is 46.9 Å². The van der Waals surface area contributed by atoms with E-state index in [4.69, 9.17) is 4.98 Å². The predicted octanol–water partition coefficient (Wildman–Crippen LogP) is 5.81. The van der Waals surface area contributed by atoms with E-state index in [2.05, 4.69) is 62.8 Å². The Labute approximate surface area is 182 Å². The molecule has 29 heavy (non-hydrogen) atoms. The fraction of sp³-hybridized carbons (Fsp3) is 0.0833. The van der Waals surface area contributed by atoms with Gasteiger partial charge in [0.1, 0.15) is 0 Å². The standard InChI is InChI=1S/C24H18IN3O/c1-15-21(23(29)17-7-3-2-4-8-17)22(16-11-13-18(25)14-12-16)28-20-10-6-5-9-19(20)27-24(28)26-15/h2-14,22H,1H3,(H,26,27)/t22-/m1/s1. The Morgan fingerprint density at radius 1 is 0.966 bits per heavy atom. The van der Waals surface area contributed by atoms with E-state index in [1.807, 2.05) is 55.5 Å². The average Bonchev–Trinajstić information content (AvgIpc) is 3.11. The molecule has 142 valence electrons. The van der Waals surface area contributed by atoms with Crippen molar-refractivity contribution in [2.75, 3.05) is 5.32 Å². The van der Waals surface area contributed by atoms with Gasteiger partial charge in [0.15, 0.2) is 5.78 Å². The molecule has 5 heteroatoms. The van der Waals surface area contributed by atoms with E-state index >= 15 is 0 Å². The van der Waals surface area contributed by atoms with E-state index in [-0.39, 0.29) is 11.8 Å². The van der Waals surface area contributed by atoms with Gasteiger partial charge in [0.2, 0.25) is 5.95 Å². The quantitative estimate of drug-likeness (QED) is 0.291. The summed E-state index contributed by atoms with van der Waals surface area (Å²) >= 11 is 2.30. The van der Waals surface area contributed by atoms with Crippen molar-refractivity contribution >= 4 is 45.4 Å². The molecule has 0 amide bonds. The van der Waals surface area contributed by atoms with Crippen LogP contribution in [0.3, 0.4) is 0 Å². The van der Waals surface area contributed by atoms with Crippen LogP contribution >= 0.6 is 22.6 Å². The number of carbonyl (C=O) groups excluding carboxylic acids is 1. The SMILES string of the molecule is CC1=C(C(=O)c2ccccc2)[C@@H](c2ccc(I)cc2)n2c(nc3ccccc32)N1. The van der Waals surface area contributed by atoms with Crippen molar-refractivity contribution in [3.05, 3.63) is 105 Å². The second-order valence-corrected chi connectivity index (χ2v) is 8.35. The number of carbonyl (C=O) groups is 1. The van der Waals surface area contributed by atoms with Crippen molar-refractivity contribution in [1.82, 2.24) is 9.55 Å². The Bertz CT molecular complexity index is 1260. The molecular formula is C24H18IN3O. The van der Waals surface area contributed by atoms with E-state index in [0.717, 1.165) is 37.4 Å². The molecule has 1 aromatic heterocycles. The van der Waals surface area contributed by atoms with Crippen molar-refractivity contribution in [3.63, 3.8) is 0 Å². The maximum Gasteiger partial charge on any atom is 0.209 e. The number of nitrogens with one attached hydrogen (secondary N) is 1. The summed E-state index contributed by atoms with van der Waals surface area (Å²) in [6.45, 7) is 1.96. The van der Waals surface area contributed by atoms with E-state index in [1.165, 1.54) is 0 Å². The molecule has 0 saturated heterocycles. The Morgan fingerprint density at radius 2 is 1.66 bits per heavy atom. The first-order valence-electron chi connectivity index (χ1n) is 9.43. The molecule has 0 bridgehead atoms. The van der Waals surface area contributed by atoms with Gasteiger partial charge < -0.3 is 5.32 Å². The van der Waals surface area contributed by atoms with Crippen LogP contribution in [-0.2, 0) is 0 Å². The number of para-hydroxylation sites is 2. The predicted molar refractivity (Wildman–Crippen MR) is 124 cm³/mol. The lowest BCUT2D eigenvalue weighted by molar-refractivity contribution is 0.102. The summed E-state index contributed by atoms with van der Waals surface area (Å²) in [5.74, 6) is 0.791. The lowest BCUT2D eigenvalue weighted by Gasteiger charge is -2.30. The number of hydrogen-bond acceptors (Lipinski definition) is 3. The normalized spacial score (nSPS) is 15.9. The van der Waals surface area contributed by atoms with Crippen LogP contribution < -0.4 is 5.32 Å². The number of fused-ring (bicyclic) bond motifs is 3. The molecule has 0 spiro atoms. The Hall–Kier alpha value is -2.93. The van der Waals surface area contributed by atoms with Crippen molar-refractivity contribution in [2.45, 2.75) is 13.0 Å². The van der Waals surface area contributed by atoms with Crippen molar-refractivity contribution < 1.29 is 4.79 Å². The molecule has 1 aliphatic rings. The van der Waals surface area contributed by atoms with Crippen LogP contribution in [0.2, 0.25) is 0 Å². The lowest BCUT2D eigenvalue weighted by Crippen LogP contribution is -2.28. The number of aromatic nitrogens is 2. The van der Waals surface area contributed by atoms with Crippen molar-refractivity contribution in [2.24, 2.45) is 0 Å². The zero-order valence-electron chi connectivity index (χ0n) is 15.8. The minimum Gasteiger partial charge on any atom is -0.329 e. The second kappa shape index (κ2) is 7.15. The van der Waals surface area contributed by atoms with Crippen LogP contribution in [0, 0.1) is 3.57 Å². The number of rotatable bonds is 3. The summed E-state index contributed by atoms with van der Waals surface area (Å²) in [4.78, 5) is 18.4. The van der Waals surface area contributed by atoms with E-state index in [9.17, 15) is 4.79 Å². The summed E-state index contributed by atoms with van der Waals surface area (Å²) in [5.41, 5.74) is 5.25. The van der Waals surface area contributed by atoms with Gasteiger partial charge in [0.25, 0.3) is 0 Å². The molecule has 1 aliphatic heterocycles. The number of ketones is 1. The second-order valence-electron chi connectivity index (χ2n) is 7.11. The molecule has 0 unspecified atom stereocenters. The number of anilines is 1. The van der Waals surface area contributed by atoms with Crippen LogP contribution in [0.5, 0.6) is 0 Å². The number of benzene rings is 3. The molecule has 1 N–H and O–H groups in total. The zero-order valence-corrected chi connectivity index (χ0v) is 17.9. The molecule has 0 radical (unpaired) electrons. The van der Waals surface area contributed by atoms with E-state index in [1.54, 1.807) is 0 Å². The van der Waals surface area contributed by atoms with E-state index < -0.39 is 0 Å². The van der Waals surface area contributed by atoms with Crippen LogP contribution in [0.25, 0.3) is 11.0 Å². The third-order valence-electron chi connectivity index (χ3n) is 5.30. The van der Waals surface area contributed by atoms with Gasteiger partial charge in [-0.2, -0.15) is 0 Å². The molecule has 4 aromatic rings. The number of halogens is 1. The minimum atomic E-state index is -0.247. The first-order valence-corrected chi connectivity index (χ1v) is 10.5. The van der Waals surface area contributed by atoms with Crippen LogP contribution in [-0.4, -0.2) is 15.3 Å². The summed E-state index contributed by atoms with van der Waals surface area (Å²) < 4.78 is 3.30. The van der Waals surface area contributed by atoms with Gasteiger partial charge in [0, 0.05) is 20.4 Å². The van der Waals surface area contributed by atoms with Crippen LogP contribution in [0.4, 0.5) is 5.95 Å². The van der Waals surface area contributed by atoms with Crippen LogP contribution in [0.1, 0.15) is 28.9 Å². The Kier molecular flexibility index (Phi) is 4.47. The first kappa shape index (κ1) is 18.1. The molecule has 0 aliphatic carbocycles. The van der Waals surface area contributed by atoms with Crippen molar-refractivity contribution in [1.29, 1.82) is 0 Å². The highest BCUT2D eigenvalue weighted by Crippen LogP contribution is 2.40. The number of Topliss-reactive ketones (excluding diaryl/α,β-unsaturated/α-hetero) is 1. The molecule has 0 saturated carbocycles. The average molecular weight is 491 g/mol. The molecular weight excluding hydrogens is 473 g/mol. The Morgan fingerprint density at radius 3 is 2.41 bits per heavy atom. The third-order valence-corrected chi connectivity index (χ3v) is 6.02. The van der Waals surface area contributed by atoms with Gasteiger partial charge in [-0.05, 0) is 59.3 Å². The van der Waals surface area contributed by atoms with Gasteiger partial charge >= 0.3 is 0 Å². The molecule has 4 nitrogen and oxygen atoms in total. The molecule has 5 rings (SSSR count). The highest BCUT2D eigenvalue weighted by atomic mass is 127. The highest BCUT2D eigenvalue weighted by Gasteiger charge is 2.34. The zero-order chi connectivity index (χ0) is 20.0. The molecule has 2 heterocycles. The highest BCUT2D eigenvalue weighted by molar-refractivity contribution is 14.1. The van der Waals surface area contributed by atoms with Gasteiger partial charge in [-0.15, -0.1) is 0 Å². The Balaban J connectivity index is 1.76. The van der Waals surface area contributed by atoms with Gasteiger partial charge in [-0.1, -0.05) is 54.6 Å². The number of imidazole rings is 1. The van der Waals surface area contributed by atoms with Gasteiger partial charge in [0.05, 0.1) is 17.1 Å². The van der Waals surface area contributed by atoms with Crippen molar-refractivity contribution in [3.8, 4) is 0 Å². The summed E-state index contributed by atoms with van der Waals surface area (Å²) in [5, 5.41) is 3.37. The fourth-order valence-electron chi connectivity index (χ4n) is 3.96. The first-order chi connectivity index (χ1) is 14.1. The van der Waals surface area contributed by atoms with E-state index in [0.29, 0.717) is 5.56 Å².